The van der Waals surface area contributed by atoms with Crippen LogP contribution in [0.15, 0.2) is 11.6 Å². The molecule has 5 nitrogen and oxygen atoms in total. The number of aliphatic hydroxyl groups excluding tert-OH is 2. The predicted octanol–water partition coefficient (Wildman–Crippen LogP) is 3.60. The van der Waals surface area contributed by atoms with Crippen LogP contribution in [0.3, 0.4) is 0 Å². The maximum absolute atomic E-state index is 11.9. The molecule has 2 aliphatic carbocycles. The third-order valence-corrected chi connectivity index (χ3v) is 7.58. The summed E-state index contributed by atoms with van der Waals surface area (Å²) < 4.78 is 4.96. The smallest absolute Gasteiger partial charge is 0.330 e. The minimum atomic E-state index is -1.04. The zero-order chi connectivity index (χ0) is 21.2. The molecule has 0 aliphatic heterocycles. The highest BCUT2D eigenvalue weighted by molar-refractivity contribution is 5.82. The summed E-state index contributed by atoms with van der Waals surface area (Å²) in [6, 6.07) is 0. The molecular formula is C23H40O5. The second-order valence-electron chi connectivity index (χ2n) is 10.3. The molecule has 5 atom stereocenters. The number of ether oxygens (including phenoxy) is 1. The lowest BCUT2D eigenvalue weighted by Crippen LogP contribution is -2.57. The minimum absolute atomic E-state index is 0.121. The fourth-order valence-corrected chi connectivity index (χ4v) is 6.18. The van der Waals surface area contributed by atoms with Crippen LogP contribution in [0.1, 0.15) is 79.6 Å². The van der Waals surface area contributed by atoms with E-state index in [1.54, 1.807) is 0 Å². The first-order valence-corrected chi connectivity index (χ1v) is 10.8. The van der Waals surface area contributed by atoms with E-state index < -0.39 is 24.3 Å². The van der Waals surface area contributed by atoms with Crippen LogP contribution in [0.4, 0.5) is 0 Å². The van der Waals surface area contributed by atoms with Gasteiger partial charge in [0.1, 0.15) is 12.7 Å². The molecule has 2 saturated carbocycles. The molecule has 0 heterocycles. The lowest BCUT2D eigenvalue weighted by atomic mass is 9.45. The first-order valence-electron chi connectivity index (χ1n) is 10.8. The molecule has 0 saturated heterocycles. The van der Waals surface area contributed by atoms with Crippen molar-refractivity contribution in [3.8, 4) is 0 Å². The van der Waals surface area contributed by atoms with E-state index in [0.717, 1.165) is 37.7 Å². The molecule has 3 N–H and O–H groups in total. The molecule has 0 bridgehead atoms. The van der Waals surface area contributed by atoms with Crippen molar-refractivity contribution in [3.63, 3.8) is 0 Å². The maximum atomic E-state index is 11.9. The van der Waals surface area contributed by atoms with Crippen LogP contribution < -0.4 is 0 Å². The molecule has 0 aromatic heterocycles. The van der Waals surface area contributed by atoms with Gasteiger partial charge in [-0.3, -0.25) is 0 Å². The van der Waals surface area contributed by atoms with E-state index in [1.165, 1.54) is 18.9 Å². The third-order valence-electron chi connectivity index (χ3n) is 7.58. The van der Waals surface area contributed by atoms with E-state index >= 15 is 0 Å². The van der Waals surface area contributed by atoms with Crippen LogP contribution in [-0.4, -0.2) is 46.2 Å². The number of aliphatic hydroxyl groups is 3. The highest BCUT2D eigenvalue weighted by Gasteiger charge is 2.57. The zero-order valence-corrected chi connectivity index (χ0v) is 18.3. The van der Waals surface area contributed by atoms with Crippen molar-refractivity contribution < 1.29 is 24.9 Å². The van der Waals surface area contributed by atoms with Crippen molar-refractivity contribution in [2.24, 2.45) is 22.7 Å². The molecule has 0 spiro atoms. The monoisotopic (exact) mass is 396 g/mol. The molecule has 0 aromatic rings. The van der Waals surface area contributed by atoms with Crippen molar-refractivity contribution in [1.82, 2.24) is 0 Å². The Morgan fingerprint density at radius 2 is 1.89 bits per heavy atom. The molecule has 28 heavy (non-hydrogen) atoms. The summed E-state index contributed by atoms with van der Waals surface area (Å²) in [5.74, 6) is 0.324. The van der Waals surface area contributed by atoms with E-state index in [4.69, 9.17) is 9.84 Å². The number of esters is 1. The van der Waals surface area contributed by atoms with Crippen LogP contribution in [-0.2, 0) is 9.53 Å². The van der Waals surface area contributed by atoms with Gasteiger partial charge in [0.05, 0.1) is 12.2 Å². The van der Waals surface area contributed by atoms with Crippen molar-refractivity contribution in [2.45, 2.75) is 91.3 Å². The van der Waals surface area contributed by atoms with E-state index in [0.29, 0.717) is 11.3 Å². The molecule has 0 unspecified atom stereocenters. The SMILES string of the molecule is C/C(=C\C(=O)OC[C@H](O)CO)CC[C@@H]1[C@@]2(C)CCCC(C)(C)[C@@H]2CC[C@@]1(C)O. The van der Waals surface area contributed by atoms with E-state index in [2.05, 4.69) is 20.8 Å². The topological polar surface area (TPSA) is 87.0 Å². The Morgan fingerprint density at radius 3 is 2.54 bits per heavy atom. The first kappa shape index (κ1) is 23.4. The Bertz CT molecular complexity index is 580. The van der Waals surface area contributed by atoms with Crippen molar-refractivity contribution >= 4 is 5.97 Å². The summed E-state index contributed by atoms with van der Waals surface area (Å²) in [5, 5.41) is 29.3. The highest BCUT2D eigenvalue weighted by atomic mass is 16.5. The van der Waals surface area contributed by atoms with Gasteiger partial charge in [-0.25, -0.2) is 4.79 Å². The van der Waals surface area contributed by atoms with Crippen LogP contribution >= 0.6 is 0 Å². The van der Waals surface area contributed by atoms with E-state index in [9.17, 15) is 15.0 Å². The van der Waals surface area contributed by atoms with Gasteiger partial charge in [-0.2, -0.15) is 0 Å². The second-order valence-corrected chi connectivity index (χ2v) is 10.3. The van der Waals surface area contributed by atoms with Crippen LogP contribution in [0.5, 0.6) is 0 Å². The summed E-state index contributed by atoms with van der Waals surface area (Å²) in [6.07, 6.45) is 7.56. The van der Waals surface area contributed by atoms with Gasteiger partial charge in [0, 0.05) is 6.08 Å². The molecule has 162 valence electrons. The highest BCUT2D eigenvalue weighted by Crippen LogP contribution is 2.62. The molecular weight excluding hydrogens is 356 g/mol. The fraction of sp³-hybridized carbons (Fsp3) is 0.870. The van der Waals surface area contributed by atoms with Crippen LogP contribution in [0.25, 0.3) is 0 Å². The van der Waals surface area contributed by atoms with Crippen molar-refractivity contribution in [2.75, 3.05) is 13.2 Å². The van der Waals surface area contributed by atoms with E-state index in [-0.39, 0.29) is 17.9 Å². The van der Waals surface area contributed by atoms with Crippen LogP contribution in [0, 0.1) is 22.7 Å². The number of hydrogen-bond donors (Lipinski definition) is 3. The predicted molar refractivity (Wildman–Crippen MR) is 110 cm³/mol. The minimum Gasteiger partial charge on any atom is -0.460 e. The molecule has 2 aliphatic rings. The molecule has 2 fully saturated rings. The standard InChI is InChI=1S/C23H40O5/c1-16(13-20(26)28-15-17(25)14-24)7-8-19-22(4)11-6-10-21(2,3)18(22)9-12-23(19,5)27/h13,17-19,24-25,27H,6-12,14-15H2,1-5H3/b16-13+/t17-,18+,19-,22+,23-/m1/s1. The molecule has 0 amide bonds. The first-order chi connectivity index (χ1) is 12.9. The number of allylic oxidation sites excluding steroid dienone is 1. The molecule has 0 radical (unpaired) electrons. The Morgan fingerprint density at radius 1 is 1.21 bits per heavy atom. The van der Waals surface area contributed by atoms with Gasteiger partial charge in [0.2, 0.25) is 0 Å². The van der Waals surface area contributed by atoms with Gasteiger partial charge in [-0.05, 0) is 75.0 Å². The summed E-state index contributed by atoms with van der Waals surface area (Å²) in [5.41, 5.74) is 0.671. The van der Waals surface area contributed by atoms with Crippen molar-refractivity contribution in [1.29, 1.82) is 0 Å². The summed E-state index contributed by atoms with van der Waals surface area (Å²) in [7, 11) is 0. The van der Waals surface area contributed by atoms with Crippen molar-refractivity contribution in [3.05, 3.63) is 11.6 Å². The summed E-state index contributed by atoms with van der Waals surface area (Å²) >= 11 is 0. The van der Waals surface area contributed by atoms with Gasteiger partial charge in [0.25, 0.3) is 0 Å². The average Bonchev–Trinajstić information content (AvgIpc) is 2.57. The number of carbonyl (C=O) groups excluding carboxylic acids is 1. The Balaban J connectivity index is 2.05. The summed E-state index contributed by atoms with van der Waals surface area (Å²) in [6.45, 7) is 10.4. The Kier molecular flexibility index (Phi) is 7.38. The lowest BCUT2D eigenvalue weighted by molar-refractivity contribution is -0.168. The van der Waals surface area contributed by atoms with Crippen LogP contribution in [0.2, 0.25) is 0 Å². The molecule has 5 heteroatoms. The zero-order valence-electron chi connectivity index (χ0n) is 18.3. The van der Waals surface area contributed by atoms with E-state index in [1.807, 2.05) is 13.8 Å². The Hall–Kier alpha value is -0.910. The lowest BCUT2D eigenvalue weighted by Gasteiger charge is -2.61. The maximum Gasteiger partial charge on any atom is 0.330 e. The van der Waals surface area contributed by atoms with Gasteiger partial charge in [-0.1, -0.05) is 32.8 Å². The molecule has 2 rings (SSSR count). The normalized spacial score (nSPS) is 36.5. The Labute approximate surface area is 170 Å². The number of hydrogen-bond acceptors (Lipinski definition) is 5. The fourth-order valence-electron chi connectivity index (χ4n) is 6.18. The summed E-state index contributed by atoms with van der Waals surface area (Å²) in [4.78, 5) is 11.9. The van der Waals surface area contributed by atoms with Gasteiger partial charge in [-0.15, -0.1) is 0 Å². The number of rotatable bonds is 7. The second kappa shape index (κ2) is 8.85. The van der Waals surface area contributed by atoms with Gasteiger partial charge < -0.3 is 20.1 Å². The quantitative estimate of drug-likeness (QED) is 0.452. The molecule has 0 aromatic carbocycles. The third kappa shape index (κ3) is 5.17. The number of fused-ring (bicyclic) bond motifs is 1. The van der Waals surface area contributed by atoms with Gasteiger partial charge in [0.15, 0.2) is 0 Å². The van der Waals surface area contributed by atoms with Gasteiger partial charge >= 0.3 is 5.97 Å². The average molecular weight is 397 g/mol. The number of carbonyl (C=O) groups is 1. The largest absolute Gasteiger partial charge is 0.460 e.